The van der Waals surface area contributed by atoms with Crippen LogP contribution in [-0.2, 0) is 6.42 Å². The standard InChI is InChI=1S/C51H31N3O2S/c1-2-10-30(11-3-1)31-18-20-32(21-19-31)49-52-50(34-23-24-37-36-12-4-7-15-42(36)55-44(37)28-34)54-51(53-49)41-27-26-35(48-47(41)40-14-5-8-16-43(40)56-48)33-22-25-39-38-13-6-9-17-45(38)57-46(39)29-33/h1-21,23-24,26-29H,22,25H2. The van der Waals surface area contributed by atoms with Gasteiger partial charge in [-0.3, -0.25) is 0 Å². The minimum absolute atomic E-state index is 0.571. The fourth-order valence-corrected chi connectivity index (χ4v) is 9.75. The third-order valence-corrected chi connectivity index (χ3v) is 12.5. The van der Waals surface area contributed by atoms with Crippen molar-refractivity contribution in [3.8, 4) is 45.3 Å². The molecule has 57 heavy (non-hydrogen) atoms. The van der Waals surface area contributed by atoms with Crippen molar-refractivity contribution in [1.29, 1.82) is 0 Å². The van der Waals surface area contributed by atoms with Crippen molar-refractivity contribution in [3.05, 3.63) is 174 Å². The quantitative estimate of drug-likeness (QED) is 0.175. The Balaban J connectivity index is 1.06. The molecule has 11 aromatic rings. The van der Waals surface area contributed by atoms with Crippen molar-refractivity contribution in [3.63, 3.8) is 0 Å². The number of benzene rings is 7. The van der Waals surface area contributed by atoms with E-state index in [0.29, 0.717) is 17.5 Å². The molecular weight excluding hydrogens is 719 g/mol. The van der Waals surface area contributed by atoms with Gasteiger partial charge in [0.2, 0.25) is 0 Å². The summed E-state index contributed by atoms with van der Waals surface area (Å²) in [6.07, 6.45) is 4.30. The monoisotopic (exact) mass is 749 g/mol. The van der Waals surface area contributed by atoms with Crippen LogP contribution in [0.25, 0.3) is 111 Å². The Bertz CT molecular complexity index is 3410. The number of allylic oxidation sites excluding steroid dienone is 1. The van der Waals surface area contributed by atoms with E-state index in [2.05, 4.69) is 121 Å². The summed E-state index contributed by atoms with van der Waals surface area (Å²) < 4.78 is 14.4. The number of para-hydroxylation sites is 2. The summed E-state index contributed by atoms with van der Waals surface area (Å²) in [5.74, 6) is 1.75. The van der Waals surface area contributed by atoms with Gasteiger partial charge in [0.25, 0.3) is 0 Å². The zero-order valence-electron chi connectivity index (χ0n) is 30.6. The van der Waals surface area contributed by atoms with Gasteiger partial charge in [-0.1, -0.05) is 121 Å². The van der Waals surface area contributed by atoms with Crippen LogP contribution in [0.15, 0.2) is 167 Å². The molecular formula is C51H31N3O2S. The summed E-state index contributed by atoms with van der Waals surface area (Å²) in [4.78, 5) is 16.9. The third kappa shape index (κ3) is 5.25. The zero-order valence-corrected chi connectivity index (χ0v) is 31.4. The van der Waals surface area contributed by atoms with Gasteiger partial charge < -0.3 is 8.83 Å². The number of thiophene rings is 1. The molecule has 0 radical (unpaired) electrons. The van der Waals surface area contributed by atoms with Crippen LogP contribution in [-0.4, -0.2) is 15.0 Å². The lowest BCUT2D eigenvalue weighted by molar-refractivity contribution is 0.667. The second kappa shape index (κ2) is 12.7. The van der Waals surface area contributed by atoms with Gasteiger partial charge in [0, 0.05) is 53.4 Å². The molecule has 268 valence electrons. The van der Waals surface area contributed by atoms with E-state index in [4.69, 9.17) is 23.8 Å². The molecule has 4 aromatic heterocycles. The first kappa shape index (κ1) is 32.1. The second-order valence-electron chi connectivity index (χ2n) is 14.6. The van der Waals surface area contributed by atoms with E-state index in [9.17, 15) is 0 Å². The number of hydrogen-bond donors (Lipinski definition) is 0. The van der Waals surface area contributed by atoms with E-state index >= 15 is 0 Å². The maximum absolute atomic E-state index is 6.79. The molecule has 1 aliphatic rings. The number of hydrogen-bond acceptors (Lipinski definition) is 6. The molecule has 1 aliphatic carbocycles. The lowest BCUT2D eigenvalue weighted by Gasteiger charge is -2.16. The smallest absolute Gasteiger partial charge is 0.164 e. The van der Waals surface area contributed by atoms with E-state index in [1.165, 1.54) is 26.1 Å². The highest BCUT2D eigenvalue weighted by molar-refractivity contribution is 7.20. The Morgan fingerprint density at radius 3 is 1.89 bits per heavy atom. The van der Waals surface area contributed by atoms with Crippen LogP contribution < -0.4 is 0 Å². The molecule has 0 spiro atoms. The van der Waals surface area contributed by atoms with Crippen LogP contribution in [0.1, 0.15) is 22.4 Å². The minimum atomic E-state index is 0.571. The molecule has 7 aromatic carbocycles. The van der Waals surface area contributed by atoms with Gasteiger partial charge in [-0.05, 0) is 83.0 Å². The fourth-order valence-electron chi connectivity index (χ4n) is 8.52. The Morgan fingerprint density at radius 1 is 0.439 bits per heavy atom. The van der Waals surface area contributed by atoms with Crippen molar-refractivity contribution in [1.82, 2.24) is 15.0 Å². The van der Waals surface area contributed by atoms with Crippen molar-refractivity contribution < 1.29 is 8.83 Å². The lowest BCUT2D eigenvalue weighted by atomic mass is 9.89. The maximum atomic E-state index is 6.79. The van der Waals surface area contributed by atoms with Gasteiger partial charge in [-0.15, -0.1) is 11.3 Å². The molecule has 0 aliphatic heterocycles. The molecule has 6 heteroatoms. The van der Waals surface area contributed by atoms with Crippen LogP contribution in [0.3, 0.4) is 0 Å². The number of aromatic nitrogens is 3. The zero-order chi connectivity index (χ0) is 37.5. The summed E-state index contributed by atoms with van der Waals surface area (Å²) >= 11 is 1.87. The number of rotatable bonds is 5. The highest BCUT2D eigenvalue weighted by Gasteiger charge is 2.24. The average Bonchev–Trinajstić information content (AvgIpc) is 3.97. The van der Waals surface area contributed by atoms with Crippen LogP contribution in [0.5, 0.6) is 0 Å². The van der Waals surface area contributed by atoms with Crippen molar-refractivity contribution in [2.75, 3.05) is 0 Å². The average molecular weight is 750 g/mol. The first-order valence-electron chi connectivity index (χ1n) is 19.2. The molecule has 0 saturated carbocycles. The predicted octanol–water partition coefficient (Wildman–Crippen LogP) is 14.0. The maximum Gasteiger partial charge on any atom is 0.164 e. The molecule has 0 saturated heterocycles. The van der Waals surface area contributed by atoms with E-state index in [1.807, 2.05) is 53.8 Å². The Morgan fingerprint density at radius 2 is 1.05 bits per heavy atom. The first-order valence-corrected chi connectivity index (χ1v) is 20.0. The second-order valence-corrected chi connectivity index (χ2v) is 15.7. The molecule has 0 fully saturated rings. The van der Waals surface area contributed by atoms with Crippen LogP contribution in [0.2, 0.25) is 0 Å². The van der Waals surface area contributed by atoms with Gasteiger partial charge in [-0.25, -0.2) is 15.0 Å². The van der Waals surface area contributed by atoms with Gasteiger partial charge >= 0.3 is 0 Å². The first-order chi connectivity index (χ1) is 28.2. The Labute approximate surface area is 331 Å². The van der Waals surface area contributed by atoms with Crippen LogP contribution in [0, 0.1) is 0 Å². The summed E-state index contributed by atoms with van der Waals surface area (Å²) in [6, 6.07) is 54.6. The largest absolute Gasteiger partial charge is 0.456 e. The number of furan rings is 2. The Hall–Kier alpha value is -7.15. The highest BCUT2D eigenvalue weighted by atomic mass is 32.1. The highest BCUT2D eigenvalue weighted by Crippen LogP contribution is 2.45. The van der Waals surface area contributed by atoms with Crippen molar-refractivity contribution >= 4 is 76.9 Å². The number of aryl methyl sites for hydroxylation is 1. The van der Waals surface area contributed by atoms with Gasteiger partial charge in [-0.2, -0.15) is 0 Å². The molecule has 0 bridgehead atoms. The molecule has 5 nitrogen and oxygen atoms in total. The van der Waals surface area contributed by atoms with Crippen LogP contribution in [0.4, 0.5) is 0 Å². The molecule has 0 unspecified atom stereocenters. The topological polar surface area (TPSA) is 65.0 Å². The van der Waals surface area contributed by atoms with E-state index in [1.54, 1.807) is 0 Å². The van der Waals surface area contributed by atoms with Crippen molar-refractivity contribution in [2.45, 2.75) is 12.8 Å². The van der Waals surface area contributed by atoms with Gasteiger partial charge in [0.05, 0.1) is 0 Å². The van der Waals surface area contributed by atoms with E-state index in [0.717, 1.165) is 90.1 Å². The minimum Gasteiger partial charge on any atom is -0.456 e. The SMILES string of the molecule is C1=C(c2ccc(-c3nc(-c4ccc(-c5ccccc5)cc4)nc(-c4ccc5c(c4)oc4ccccc45)n3)c3c2oc2ccccc23)CCc2c1sc1ccccc21. The summed E-state index contributed by atoms with van der Waals surface area (Å²) in [5.41, 5.74) is 12.1. The Kier molecular flexibility index (Phi) is 7.16. The fraction of sp³-hybridized carbons (Fsp3) is 0.0392. The van der Waals surface area contributed by atoms with Crippen LogP contribution >= 0.6 is 11.3 Å². The molecule has 0 N–H and O–H groups in total. The molecule has 0 atom stereocenters. The molecule has 4 heterocycles. The lowest BCUT2D eigenvalue weighted by Crippen LogP contribution is -2.01. The molecule has 0 amide bonds. The van der Waals surface area contributed by atoms with E-state index < -0.39 is 0 Å². The predicted molar refractivity (Wildman–Crippen MR) is 234 cm³/mol. The van der Waals surface area contributed by atoms with E-state index in [-0.39, 0.29) is 0 Å². The van der Waals surface area contributed by atoms with Gasteiger partial charge in [0.15, 0.2) is 17.5 Å². The molecule has 12 rings (SSSR count). The summed E-state index contributed by atoms with van der Waals surface area (Å²) in [7, 11) is 0. The number of fused-ring (bicyclic) bond motifs is 9. The third-order valence-electron chi connectivity index (χ3n) is 11.3. The van der Waals surface area contributed by atoms with Gasteiger partial charge in [0.1, 0.15) is 22.3 Å². The summed E-state index contributed by atoms with van der Waals surface area (Å²) in [6.45, 7) is 0. The number of nitrogens with zero attached hydrogens (tertiary/aromatic N) is 3. The summed E-state index contributed by atoms with van der Waals surface area (Å²) in [5, 5.41) is 5.54. The normalized spacial score (nSPS) is 12.9. The van der Waals surface area contributed by atoms with Crippen molar-refractivity contribution in [2.24, 2.45) is 0 Å².